The van der Waals surface area contributed by atoms with Gasteiger partial charge in [-0.2, -0.15) is 5.10 Å². The average molecular weight is 471 g/mol. The molecule has 190 valence electrons. The average Bonchev–Trinajstić information content (AvgIpc) is 3.35. The fraction of sp³-hybridized carbons (Fsp3) is 0.519. The second-order valence-corrected chi connectivity index (χ2v) is 7.08. The van der Waals surface area contributed by atoms with E-state index in [1.807, 2.05) is 50.5 Å². The summed E-state index contributed by atoms with van der Waals surface area (Å²) in [5, 5.41) is 7.54. The summed E-state index contributed by atoms with van der Waals surface area (Å²) in [6.45, 7) is 15.3. The fourth-order valence-corrected chi connectivity index (χ4v) is 3.27. The quantitative estimate of drug-likeness (QED) is 0.383. The number of aryl methyl sites for hydroxylation is 1. The van der Waals surface area contributed by atoms with E-state index in [0.29, 0.717) is 5.84 Å². The van der Waals surface area contributed by atoms with Crippen molar-refractivity contribution in [2.75, 3.05) is 25.5 Å². The molecular weight excluding hydrogens is 424 g/mol. The number of terminal acetylenes is 1. The smallest absolute Gasteiger partial charge is 0.224 e. The third-order valence-electron chi connectivity index (χ3n) is 4.86. The van der Waals surface area contributed by atoms with Crippen LogP contribution in [0.3, 0.4) is 0 Å². The third-order valence-corrected chi connectivity index (χ3v) is 4.86. The standard InChI is InChI=1S/C18H24N4O.C3H8N2.2C2H6.C2H2/c1-13-4-5-16-10-15(6-7-18(16)22(13)14(2)23)17-11-20-21(12-17)9-8-19-3;1-3(4)5-2;3*1-2/h6-7,10-13,19H,4-5,8-9H2,1-3H3;1-2H3,(H2,4,5);2*1-2H3;1-2H/t13-;;;;/m0..../s1. The van der Waals surface area contributed by atoms with Gasteiger partial charge in [0.05, 0.1) is 18.6 Å². The van der Waals surface area contributed by atoms with Gasteiger partial charge in [0.1, 0.15) is 0 Å². The number of hydrogen-bond donors (Lipinski definition) is 2. The van der Waals surface area contributed by atoms with Crippen LogP contribution in [-0.2, 0) is 17.8 Å². The summed E-state index contributed by atoms with van der Waals surface area (Å²) in [5.74, 6) is 0.746. The Bertz CT molecular complexity index is 865. The monoisotopic (exact) mass is 470 g/mol. The molecule has 7 nitrogen and oxygen atoms in total. The zero-order valence-electron chi connectivity index (χ0n) is 22.7. The molecule has 1 aromatic carbocycles. The number of fused-ring (bicyclic) bond motifs is 1. The molecule has 0 unspecified atom stereocenters. The van der Waals surface area contributed by atoms with Crippen molar-refractivity contribution in [2.45, 2.75) is 73.9 Å². The maximum Gasteiger partial charge on any atom is 0.224 e. The van der Waals surface area contributed by atoms with Gasteiger partial charge in [0.15, 0.2) is 0 Å². The normalized spacial score (nSPS) is 13.8. The van der Waals surface area contributed by atoms with Gasteiger partial charge in [0.25, 0.3) is 0 Å². The van der Waals surface area contributed by atoms with E-state index in [2.05, 4.69) is 59.6 Å². The Hall–Kier alpha value is -3.11. The van der Waals surface area contributed by atoms with E-state index in [9.17, 15) is 4.79 Å². The molecule has 0 spiro atoms. The van der Waals surface area contributed by atoms with Crippen molar-refractivity contribution in [3.63, 3.8) is 0 Å². The summed E-state index contributed by atoms with van der Waals surface area (Å²) in [6.07, 6.45) is 14.0. The summed E-state index contributed by atoms with van der Waals surface area (Å²) < 4.78 is 1.95. The maximum absolute atomic E-state index is 11.9. The molecular formula is C27H46N6O. The van der Waals surface area contributed by atoms with E-state index in [-0.39, 0.29) is 11.9 Å². The van der Waals surface area contributed by atoms with Gasteiger partial charge in [-0.25, -0.2) is 0 Å². The Balaban J connectivity index is 0. The van der Waals surface area contributed by atoms with E-state index in [1.54, 1.807) is 20.9 Å². The van der Waals surface area contributed by atoms with Crippen LogP contribution in [0.15, 0.2) is 35.6 Å². The minimum Gasteiger partial charge on any atom is -0.388 e. The molecule has 2 heterocycles. The number of rotatable bonds is 4. The molecule has 1 aromatic heterocycles. The number of amidine groups is 1. The Kier molecular flexibility index (Phi) is 18.8. The van der Waals surface area contributed by atoms with Crippen LogP contribution < -0.4 is 16.0 Å². The molecule has 0 aliphatic carbocycles. The molecule has 3 rings (SSSR count). The molecule has 0 bridgehead atoms. The van der Waals surface area contributed by atoms with E-state index in [4.69, 9.17) is 5.73 Å². The first-order valence-electron chi connectivity index (χ1n) is 12.0. The lowest BCUT2D eigenvalue weighted by Crippen LogP contribution is -2.40. The first-order valence-corrected chi connectivity index (χ1v) is 12.0. The fourth-order valence-electron chi connectivity index (χ4n) is 3.27. The number of carbonyl (C=O) groups excluding carboxylic acids is 1. The van der Waals surface area contributed by atoms with Gasteiger partial charge >= 0.3 is 0 Å². The molecule has 0 saturated carbocycles. The first-order chi connectivity index (χ1) is 16.4. The number of nitrogens with two attached hydrogens (primary N) is 1. The number of aliphatic imine (C=N–C) groups is 1. The number of benzene rings is 1. The zero-order valence-corrected chi connectivity index (χ0v) is 22.7. The van der Waals surface area contributed by atoms with E-state index >= 15 is 0 Å². The lowest BCUT2D eigenvalue weighted by molar-refractivity contribution is -0.117. The molecule has 1 aliphatic rings. The Morgan fingerprint density at radius 3 is 2.29 bits per heavy atom. The minimum absolute atomic E-state index is 0.117. The lowest BCUT2D eigenvalue weighted by Gasteiger charge is -2.34. The SMILES string of the molecule is C#C.CC.CC.CN=C(C)N.CNCCn1cc(-c2ccc3c(c2)CC[C@H](C)N3C(C)=O)cn1. The minimum atomic E-state index is 0.117. The Morgan fingerprint density at radius 1 is 1.21 bits per heavy atom. The van der Waals surface area contributed by atoms with Gasteiger partial charge in [-0.3, -0.25) is 14.5 Å². The summed E-state index contributed by atoms with van der Waals surface area (Å²) in [7, 11) is 3.60. The second kappa shape index (κ2) is 19.4. The third kappa shape index (κ3) is 10.7. The number of hydrogen-bond acceptors (Lipinski definition) is 4. The number of nitrogens with zero attached hydrogens (tertiary/aromatic N) is 4. The van der Waals surface area contributed by atoms with Crippen molar-refractivity contribution in [3.8, 4) is 24.0 Å². The van der Waals surface area contributed by atoms with Crippen LogP contribution in [-0.4, -0.2) is 48.2 Å². The number of carbonyl (C=O) groups is 1. The van der Waals surface area contributed by atoms with Crippen molar-refractivity contribution in [3.05, 3.63) is 36.2 Å². The number of nitrogens with one attached hydrogen (secondary N) is 1. The van der Waals surface area contributed by atoms with Gasteiger partial charge < -0.3 is 16.0 Å². The highest BCUT2D eigenvalue weighted by Crippen LogP contribution is 2.34. The number of amides is 1. The topological polar surface area (TPSA) is 88.5 Å². The van der Waals surface area contributed by atoms with Crippen LogP contribution in [0, 0.1) is 12.8 Å². The van der Waals surface area contributed by atoms with Gasteiger partial charge in [-0.05, 0) is 57.0 Å². The molecule has 2 aromatic rings. The predicted molar refractivity (Wildman–Crippen MR) is 148 cm³/mol. The highest BCUT2D eigenvalue weighted by atomic mass is 16.2. The van der Waals surface area contributed by atoms with Crippen LogP contribution in [0.2, 0.25) is 0 Å². The van der Waals surface area contributed by atoms with E-state index < -0.39 is 0 Å². The predicted octanol–water partition coefficient (Wildman–Crippen LogP) is 4.75. The van der Waals surface area contributed by atoms with Crippen LogP contribution in [0.25, 0.3) is 11.1 Å². The number of likely N-dealkylation sites (N-methyl/N-ethyl adjacent to an activating group) is 1. The number of anilines is 1. The van der Waals surface area contributed by atoms with Crippen molar-refractivity contribution in [1.82, 2.24) is 15.1 Å². The summed E-state index contributed by atoms with van der Waals surface area (Å²) in [5.41, 5.74) is 9.63. The molecule has 7 heteroatoms. The summed E-state index contributed by atoms with van der Waals surface area (Å²) in [4.78, 5) is 17.4. The second-order valence-electron chi connectivity index (χ2n) is 7.08. The van der Waals surface area contributed by atoms with Crippen molar-refractivity contribution in [2.24, 2.45) is 10.7 Å². The van der Waals surface area contributed by atoms with Crippen molar-refractivity contribution in [1.29, 1.82) is 0 Å². The maximum atomic E-state index is 11.9. The van der Waals surface area contributed by atoms with E-state index in [1.165, 1.54) is 5.56 Å². The van der Waals surface area contributed by atoms with Gasteiger partial charge in [-0.15, -0.1) is 12.8 Å². The van der Waals surface area contributed by atoms with Gasteiger partial charge in [0, 0.05) is 44.0 Å². The van der Waals surface area contributed by atoms with Crippen molar-refractivity contribution < 1.29 is 4.79 Å². The molecule has 1 atom stereocenters. The molecule has 34 heavy (non-hydrogen) atoms. The van der Waals surface area contributed by atoms with Crippen molar-refractivity contribution >= 4 is 17.4 Å². The molecule has 1 amide bonds. The summed E-state index contributed by atoms with van der Waals surface area (Å²) >= 11 is 0. The largest absolute Gasteiger partial charge is 0.388 e. The highest BCUT2D eigenvalue weighted by Gasteiger charge is 2.26. The van der Waals surface area contributed by atoms with Crippen LogP contribution in [0.4, 0.5) is 5.69 Å². The van der Waals surface area contributed by atoms with Gasteiger partial charge in [-0.1, -0.05) is 33.8 Å². The Morgan fingerprint density at radius 2 is 1.79 bits per heavy atom. The van der Waals surface area contributed by atoms with Crippen LogP contribution in [0.5, 0.6) is 0 Å². The first kappa shape index (κ1) is 33.1. The highest BCUT2D eigenvalue weighted by molar-refractivity contribution is 5.94. The molecule has 1 aliphatic heterocycles. The molecule has 0 saturated heterocycles. The molecule has 3 N–H and O–H groups in total. The zero-order chi connectivity index (χ0) is 26.7. The van der Waals surface area contributed by atoms with E-state index in [0.717, 1.165) is 42.7 Å². The van der Waals surface area contributed by atoms with Gasteiger partial charge in [0.2, 0.25) is 5.91 Å². The van der Waals surface area contributed by atoms with Crippen LogP contribution >= 0.6 is 0 Å². The Labute approximate surface area is 207 Å². The lowest BCUT2D eigenvalue weighted by atomic mass is 9.94. The summed E-state index contributed by atoms with van der Waals surface area (Å²) in [6, 6.07) is 6.64. The van der Waals surface area contributed by atoms with Crippen LogP contribution in [0.1, 0.15) is 60.5 Å². The molecule has 0 radical (unpaired) electrons. The molecule has 0 fully saturated rings. The number of aromatic nitrogens is 2.